The lowest BCUT2D eigenvalue weighted by atomic mass is 9.59. The summed E-state index contributed by atoms with van der Waals surface area (Å²) in [5.74, 6) is 0. The highest BCUT2D eigenvalue weighted by atomic mass is 14.8. The summed E-state index contributed by atoms with van der Waals surface area (Å²) in [6, 6.07) is 5.62. The second kappa shape index (κ2) is 5.45. The molecule has 0 aliphatic heterocycles. The number of nitrogens with two attached hydrogens (primary N) is 4. The highest BCUT2D eigenvalue weighted by Crippen LogP contribution is 2.48. The van der Waals surface area contributed by atoms with Gasteiger partial charge in [0, 0.05) is 12.1 Å². The highest BCUT2D eigenvalue weighted by molar-refractivity contribution is 5.65. The van der Waals surface area contributed by atoms with Crippen molar-refractivity contribution >= 4 is 11.4 Å². The molecule has 1 aliphatic carbocycles. The predicted octanol–water partition coefficient (Wildman–Crippen LogP) is 2.31. The number of allylic oxidation sites excluding steroid dienone is 2. The van der Waals surface area contributed by atoms with Gasteiger partial charge in [-0.3, -0.25) is 0 Å². The van der Waals surface area contributed by atoms with E-state index in [2.05, 4.69) is 39.8 Å². The van der Waals surface area contributed by atoms with Crippen molar-refractivity contribution < 1.29 is 0 Å². The third-order valence-electron chi connectivity index (χ3n) is 5.41. The van der Waals surface area contributed by atoms with E-state index in [0.29, 0.717) is 11.4 Å². The van der Waals surface area contributed by atoms with Gasteiger partial charge in [0.15, 0.2) is 0 Å². The van der Waals surface area contributed by atoms with Crippen molar-refractivity contribution in [2.24, 2.45) is 16.9 Å². The van der Waals surface area contributed by atoms with E-state index in [-0.39, 0.29) is 22.9 Å². The molecule has 0 spiro atoms. The zero-order valence-electron chi connectivity index (χ0n) is 13.9. The normalized spacial score (nSPS) is 22.5. The summed E-state index contributed by atoms with van der Waals surface area (Å²) in [5, 5.41) is 0. The van der Waals surface area contributed by atoms with Gasteiger partial charge in [0.25, 0.3) is 0 Å². The van der Waals surface area contributed by atoms with E-state index in [1.54, 1.807) is 0 Å². The molecular formula is C18H28N4. The van der Waals surface area contributed by atoms with Crippen molar-refractivity contribution in [3.8, 4) is 0 Å². The van der Waals surface area contributed by atoms with Crippen LogP contribution in [0.25, 0.3) is 0 Å². The Hall–Kier alpha value is -1.78. The van der Waals surface area contributed by atoms with E-state index < -0.39 is 0 Å². The van der Waals surface area contributed by atoms with Crippen LogP contribution in [0.5, 0.6) is 0 Å². The summed E-state index contributed by atoms with van der Waals surface area (Å²) < 4.78 is 0. The summed E-state index contributed by atoms with van der Waals surface area (Å²) in [6.45, 7) is 8.87. The van der Waals surface area contributed by atoms with E-state index in [9.17, 15) is 0 Å². The smallest absolute Gasteiger partial charge is 0.0550 e. The molecule has 0 amide bonds. The van der Waals surface area contributed by atoms with Crippen LogP contribution in [0.4, 0.5) is 11.4 Å². The maximum atomic E-state index is 6.10. The van der Waals surface area contributed by atoms with Crippen molar-refractivity contribution in [1.29, 1.82) is 0 Å². The van der Waals surface area contributed by atoms with Gasteiger partial charge >= 0.3 is 0 Å². The molecule has 120 valence electrons. The van der Waals surface area contributed by atoms with Gasteiger partial charge in [0.05, 0.1) is 11.4 Å². The van der Waals surface area contributed by atoms with Gasteiger partial charge in [0.1, 0.15) is 0 Å². The number of nitrogen functional groups attached to an aromatic ring is 2. The first-order valence-corrected chi connectivity index (χ1v) is 7.64. The molecule has 0 bridgehead atoms. The molecule has 2 atom stereocenters. The maximum absolute atomic E-state index is 6.10. The molecule has 4 nitrogen and oxygen atoms in total. The zero-order chi connectivity index (χ0) is 16.7. The molecule has 4 heteroatoms. The fraction of sp³-hybridized carbons (Fsp3) is 0.444. The fourth-order valence-corrected chi connectivity index (χ4v) is 2.82. The molecule has 8 N–H and O–H groups in total. The lowest BCUT2D eigenvalue weighted by Crippen LogP contribution is -2.44. The van der Waals surface area contributed by atoms with Gasteiger partial charge in [0.2, 0.25) is 0 Å². The quantitative estimate of drug-likeness (QED) is 0.643. The van der Waals surface area contributed by atoms with Crippen LogP contribution in [-0.4, -0.2) is 12.1 Å². The van der Waals surface area contributed by atoms with Crippen LogP contribution in [0.15, 0.2) is 42.0 Å². The second-order valence-electron chi connectivity index (χ2n) is 7.23. The molecule has 22 heavy (non-hydrogen) atoms. The molecule has 0 fully saturated rings. The van der Waals surface area contributed by atoms with E-state index in [4.69, 9.17) is 22.9 Å². The van der Waals surface area contributed by atoms with Crippen LogP contribution in [-0.2, 0) is 5.41 Å². The van der Waals surface area contributed by atoms with Crippen LogP contribution < -0.4 is 22.9 Å². The Bertz CT molecular complexity index is 626. The van der Waals surface area contributed by atoms with E-state index in [1.807, 2.05) is 24.3 Å². The Morgan fingerprint density at radius 2 is 1.50 bits per heavy atom. The molecule has 0 saturated carbocycles. The van der Waals surface area contributed by atoms with Gasteiger partial charge in [-0.15, -0.1) is 0 Å². The number of benzene rings is 1. The minimum atomic E-state index is -0.147. The number of anilines is 2. The Balaban J connectivity index is 2.44. The molecule has 2 unspecified atom stereocenters. The maximum Gasteiger partial charge on any atom is 0.0550 e. The van der Waals surface area contributed by atoms with E-state index in [1.165, 1.54) is 5.57 Å². The highest BCUT2D eigenvalue weighted by Gasteiger charge is 2.41. The van der Waals surface area contributed by atoms with Crippen LogP contribution in [0.2, 0.25) is 0 Å². The Kier molecular flexibility index (Phi) is 4.11. The average molecular weight is 300 g/mol. The van der Waals surface area contributed by atoms with Crippen LogP contribution in [0.1, 0.15) is 33.3 Å². The summed E-state index contributed by atoms with van der Waals surface area (Å²) in [5.41, 5.74) is 27.2. The molecule has 1 aromatic rings. The molecule has 0 saturated heterocycles. The largest absolute Gasteiger partial charge is 0.397 e. The van der Waals surface area contributed by atoms with E-state index in [0.717, 1.165) is 5.56 Å². The minimum Gasteiger partial charge on any atom is -0.397 e. The number of hydrogen-bond donors (Lipinski definition) is 4. The molecule has 1 aromatic carbocycles. The van der Waals surface area contributed by atoms with Crippen molar-refractivity contribution in [2.45, 2.75) is 45.2 Å². The van der Waals surface area contributed by atoms with Crippen LogP contribution >= 0.6 is 0 Å². The third-order valence-corrected chi connectivity index (χ3v) is 5.41. The molecule has 0 radical (unpaired) electrons. The fourth-order valence-electron chi connectivity index (χ4n) is 2.82. The first-order valence-electron chi connectivity index (χ1n) is 7.64. The van der Waals surface area contributed by atoms with Gasteiger partial charge in [-0.05, 0) is 34.1 Å². The van der Waals surface area contributed by atoms with Crippen molar-refractivity contribution in [1.82, 2.24) is 0 Å². The van der Waals surface area contributed by atoms with Crippen molar-refractivity contribution in [3.63, 3.8) is 0 Å². The Morgan fingerprint density at radius 1 is 0.864 bits per heavy atom. The minimum absolute atomic E-state index is 0.116. The van der Waals surface area contributed by atoms with Gasteiger partial charge < -0.3 is 22.9 Å². The van der Waals surface area contributed by atoms with Crippen molar-refractivity contribution in [3.05, 3.63) is 47.6 Å². The van der Waals surface area contributed by atoms with Gasteiger partial charge in [-0.1, -0.05) is 52.0 Å². The Labute approximate surface area is 133 Å². The average Bonchev–Trinajstić information content (AvgIpc) is 2.44. The number of rotatable bonds is 3. The zero-order valence-corrected chi connectivity index (χ0v) is 13.9. The SMILES string of the molecule is CC(C)(C1=CC(N)C(N)C=C1)C(C)(C)c1ccc(N)c(N)c1. The second-order valence-corrected chi connectivity index (χ2v) is 7.23. The summed E-state index contributed by atoms with van der Waals surface area (Å²) in [4.78, 5) is 0. The first kappa shape index (κ1) is 16.6. The van der Waals surface area contributed by atoms with Crippen LogP contribution in [0.3, 0.4) is 0 Å². The lowest BCUT2D eigenvalue weighted by Gasteiger charge is -2.44. The summed E-state index contributed by atoms with van der Waals surface area (Å²) in [7, 11) is 0. The standard InChI is InChI=1S/C18H28N4/c1-17(2,11-5-7-13(19)15(21)9-11)18(3,4)12-6-8-14(20)16(22)10-12/h5-10,13,15H,19-22H2,1-4H3. The Morgan fingerprint density at radius 3 is 2.05 bits per heavy atom. The predicted molar refractivity (Wildman–Crippen MR) is 95.2 cm³/mol. The first-order chi connectivity index (χ1) is 10.1. The number of hydrogen-bond acceptors (Lipinski definition) is 4. The van der Waals surface area contributed by atoms with E-state index >= 15 is 0 Å². The summed E-state index contributed by atoms with van der Waals surface area (Å²) in [6.07, 6.45) is 6.15. The van der Waals surface area contributed by atoms with Crippen LogP contribution in [0, 0.1) is 5.41 Å². The lowest BCUT2D eigenvalue weighted by molar-refractivity contribution is 0.252. The van der Waals surface area contributed by atoms with Gasteiger partial charge in [-0.2, -0.15) is 0 Å². The molecular weight excluding hydrogens is 272 g/mol. The third kappa shape index (κ3) is 2.64. The topological polar surface area (TPSA) is 104 Å². The molecule has 1 aliphatic rings. The summed E-state index contributed by atoms with van der Waals surface area (Å²) >= 11 is 0. The molecule has 0 heterocycles. The molecule has 0 aromatic heterocycles. The molecule has 2 rings (SSSR count). The van der Waals surface area contributed by atoms with Crippen molar-refractivity contribution in [2.75, 3.05) is 11.5 Å². The van der Waals surface area contributed by atoms with Gasteiger partial charge in [-0.25, -0.2) is 0 Å². The monoisotopic (exact) mass is 300 g/mol.